The van der Waals surface area contributed by atoms with Crippen LogP contribution in [0.2, 0.25) is 10.0 Å². The third-order valence-corrected chi connectivity index (χ3v) is 7.98. The summed E-state index contributed by atoms with van der Waals surface area (Å²) in [6, 6.07) is 9.17. The van der Waals surface area contributed by atoms with Gasteiger partial charge in [-0.15, -0.1) is 0 Å². The number of ether oxygens (including phenoxy) is 1. The van der Waals surface area contributed by atoms with Crippen molar-refractivity contribution < 1.29 is 4.74 Å². The normalized spacial score (nSPS) is 17.5. The molecule has 0 saturated carbocycles. The van der Waals surface area contributed by atoms with E-state index in [1.54, 1.807) is 24.4 Å². The van der Waals surface area contributed by atoms with Gasteiger partial charge in [0.2, 0.25) is 0 Å². The molecule has 182 valence electrons. The van der Waals surface area contributed by atoms with Gasteiger partial charge in [0.25, 0.3) is 0 Å². The summed E-state index contributed by atoms with van der Waals surface area (Å²) in [5, 5.41) is 9.63. The number of nitrogens with zero attached hydrogens (tertiary/aromatic N) is 4. The number of aromatic nitrogens is 2. The van der Waals surface area contributed by atoms with Crippen molar-refractivity contribution >= 4 is 52.4 Å². The molecule has 0 bridgehead atoms. The van der Waals surface area contributed by atoms with Gasteiger partial charge in [-0.25, -0.2) is 9.29 Å². The van der Waals surface area contributed by atoms with Crippen molar-refractivity contribution in [2.24, 2.45) is 5.41 Å². The van der Waals surface area contributed by atoms with Gasteiger partial charge in [-0.1, -0.05) is 35.1 Å². The summed E-state index contributed by atoms with van der Waals surface area (Å²) < 4.78 is 8.48. The molecule has 1 aromatic carbocycles. The van der Waals surface area contributed by atoms with Gasteiger partial charge in [0.15, 0.2) is 0 Å². The monoisotopic (exact) mass is 528 g/mol. The largest absolute Gasteiger partial charge is 0.486 e. The highest BCUT2D eigenvalue weighted by atomic mass is 35.5. The molecule has 2 fully saturated rings. The molecule has 7 nitrogen and oxygen atoms in total. The fraction of sp³-hybridized carbons (Fsp3) is 0.320. The summed E-state index contributed by atoms with van der Waals surface area (Å²) >= 11 is 14.4. The molecule has 35 heavy (non-hydrogen) atoms. The molecule has 1 spiro atoms. The molecule has 2 aliphatic heterocycles. The maximum Gasteiger partial charge on any atom is 0.128 e. The lowest BCUT2D eigenvalue weighted by molar-refractivity contribution is 0.0474. The number of anilines is 2. The predicted molar refractivity (Wildman–Crippen MR) is 144 cm³/mol. The van der Waals surface area contributed by atoms with Crippen LogP contribution in [0.15, 0.2) is 48.9 Å². The van der Waals surface area contributed by atoms with Crippen molar-refractivity contribution in [1.82, 2.24) is 14.3 Å². The van der Waals surface area contributed by atoms with Crippen LogP contribution in [0.3, 0.4) is 0 Å². The molecule has 0 aliphatic carbocycles. The SMILES string of the molecule is CSN1CC2(C1)CN(c1ccc(C(=N)c3cc(OC(C)c4c(Cl)cncc4Cl)ccc3N)cn1)C2. The lowest BCUT2D eigenvalue weighted by Gasteiger charge is -2.60. The number of benzene rings is 1. The standard InChI is InChI=1S/C25H26Cl2N6OS/c1-15(23-19(26)9-30-10-20(23)27)34-17-4-5-21(28)18(7-17)24(29)16-3-6-22(31-8-16)32-11-25(12-32)13-33(14-25)35-2/h3-10,15,29H,11-14,28H2,1-2H3. The Hall–Kier alpha value is -2.52. The fourth-order valence-electron chi connectivity index (χ4n) is 4.73. The number of halogens is 2. The Balaban J connectivity index is 1.28. The number of rotatable bonds is 7. The topological polar surface area (TPSA) is 91.4 Å². The third-order valence-electron chi connectivity index (χ3n) is 6.60. The average molecular weight is 529 g/mol. The molecule has 4 heterocycles. The lowest BCUT2D eigenvalue weighted by atomic mass is 9.74. The highest BCUT2D eigenvalue weighted by Gasteiger charge is 2.51. The van der Waals surface area contributed by atoms with E-state index in [4.69, 9.17) is 39.1 Å². The van der Waals surface area contributed by atoms with E-state index in [0.717, 1.165) is 32.0 Å². The highest BCUT2D eigenvalue weighted by molar-refractivity contribution is 7.96. The first-order valence-corrected chi connectivity index (χ1v) is 13.2. The molecule has 1 unspecified atom stereocenters. The molecule has 3 aromatic rings. The van der Waals surface area contributed by atoms with Crippen LogP contribution in [0.5, 0.6) is 5.75 Å². The molecule has 2 aromatic heterocycles. The van der Waals surface area contributed by atoms with Gasteiger partial charge in [0, 0.05) is 72.6 Å². The first-order valence-electron chi connectivity index (χ1n) is 11.2. The van der Waals surface area contributed by atoms with Crippen LogP contribution in [-0.4, -0.2) is 52.4 Å². The third kappa shape index (κ3) is 4.68. The molecule has 2 aliphatic rings. The number of hydrogen-bond acceptors (Lipinski definition) is 8. The Kier molecular flexibility index (Phi) is 6.57. The summed E-state index contributed by atoms with van der Waals surface area (Å²) in [4.78, 5) is 10.9. The summed E-state index contributed by atoms with van der Waals surface area (Å²) in [5.74, 6) is 1.51. The van der Waals surface area contributed by atoms with E-state index in [9.17, 15) is 0 Å². The molecule has 0 radical (unpaired) electrons. The van der Waals surface area contributed by atoms with Crippen molar-refractivity contribution in [2.75, 3.05) is 43.1 Å². The first-order chi connectivity index (χ1) is 16.8. The van der Waals surface area contributed by atoms with E-state index in [2.05, 4.69) is 25.4 Å². The predicted octanol–water partition coefficient (Wildman–Crippen LogP) is 5.32. The minimum atomic E-state index is -0.414. The molecule has 1 atom stereocenters. The van der Waals surface area contributed by atoms with E-state index in [0.29, 0.717) is 43.6 Å². The number of nitrogen functional groups attached to an aromatic ring is 1. The maximum atomic E-state index is 8.76. The van der Waals surface area contributed by atoms with Crippen molar-refractivity contribution in [3.8, 4) is 5.75 Å². The molecule has 3 N–H and O–H groups in total. The zero-order valence-corrected chi connectivity index (χ0v) is 21.8. The summed E-state index contributed by atoms with van der Waals surface area (Å²) in [6.45, 7) is 6.21. The second-order valence-electron chi connectivity index (χ2n) is 9.14. The van der Waals surface area contributed by atoms with Gasteiger partial charge >= 0.3 is 0 Å². The number of nitrogens with two attached hydrogens (primary N) is 1. The van der Waals surface area contributed by atoms with E-state index < -0.39 is 6.10 Å². The lowest BCUT2D eigenvalue weighted by Crippen LogP contribution is -2.70. The first kappa shape index (κ1) is 24.2. The van der Waals surface area contributed by atoms with Gasteiger partial charge in [-0.05, 0) is 43.5 Å². The van der Waals surface area contributed by atoms with Crippen LogP contribution in [0.25, 0.3) is 0 Å². The quantitative estimate of drug-likeness (QED) is 0.243. The fourth-order valence-corrected chi connectivity index (χ4v) is 6.21. The molecule has 2 saturated heterocycles. The molecule has 10 heteroatoms. The van der Waals surface area contributed by atoms with Crippen molar-refractivity contribution in [3.63, 3.8) is 0 Å². The molecule has 5 rings (SSSR count). The van der Waals surface area contributed by atoms with Crippen LogP contribution in [0, 0.1) is 10.8 Å². The van der Waals surface area contributed by atoms with Crippen molar-refractivity contribution in [2.45, 2.75) is 13.0 Å². The molecular formula is C25H26Cl2N6OS. The Bertz CT molecular complexity index is 1240. The van der Waals surface area contributed by atoms with Crippen LogP contribution in [-0.2, 0) is 0 Å². The van der Waals surface area contributed by atoms with Gasteiger partial charge in [0.05, 0.1) is 15.8 Å². The minimum Gasteiger partial charge on any atom is -0.486 e. The Morgan fingerprint density at radius 3 is 2.46 bits per heavy atom. The number of pyridine rings is 2. The average Bonchev–Trinajstić information content (AvgIpc) is 2.78. The summed E-state index contributed by atoms with van der Waals surface area (Å²) in [6.07, 6.45) is 6.52. The van der Waals surface area contributed by atoms with Crippen molar-refractivity contribution in [3.05, 3.63) is 75.7 Å². The zero-order chi connectivity index (χ0) is 24.7. The van der Waals surface area contributed by atoms with E-state index in [1.165, 1.54) is 12.4 Å². The summed E-state index contributed by atoms with van der Waals surface area (Å²) in [5.41, 5.74) is 9.35. The minimum absolute atomic E-state index is 0.286. The van der Waals surface area contributed by atoms with Crippen LogP contribution < -0.4 is 15.4 Å². The van der Waals surface area contributed by atoms with Crippen LogP contribution >= 0.6 is 35.1 Å². The molecule has 0 amide bonds. The summed E-state index contributed by atoms with van der Waals surface area (Å²) in [7, 11) is 0. The van der Waals surface area contributed by atoms with Gasteiger partial charge in [-0.2, -0.15) is 0 Å². The highest BCUT2D eigenvalue weighted by Crippen LogP contribution is 2.43. The Morgan fingerprint density at radius 1 is 1.11 bits per heavy atom. The van der Waals surface area contributed by atoms with E-state index in [1.807, 2.05) is 31.0 Å². The smallest absolute Gasteiger partial charge is 0.128 e. The van der Waals surface area contributed by atoms with Gasteiger partial charge in [0.1, 0.15) is 17.7 Å². The van der Waals surface area contributed by atoms with E-state index >= 15 is 0 Å². The van der Waals surface area contributed by atoms with Crippen LogP contribution in [0.4, 0.5) is 11.5 Å². The second kappa shape index (κ2) is 9.50. The van der Waals surface area contributed by atoms with Crippen LogP contribution in [0.1, 0.15) is 29.7 Å². The Labute approximate surface area is 219 Å². The Morgan fingerprint density at radius 2 is 1.83 bits per heavy atom. The zero-order valence-electron chi connectivity index (χ0n) is 19.5. The number of hydrogen-bond donors (Lipinski definition) is 2. The maximum absolute atomic E-state index is 8.76. The second-order valence-corrected chi connectivity index (χ2v) is 10.8. The molecular weight excluding hydrogens is 503 g/mol. The van der Waals surface area contributed by atoms with Gasteiger partial charge < -0.3 is 15.4 Å². The van der Waals surface area contributed by atoms with Gasteiger partial charge in [-0.3, -0.25) is 10.4 Å². The van der Waals surface area contributed by atoms with E-state index in [-0.39, 0.29) is 5.71 Å². The van der Waals surface area contributed by atoms with Crippen molar-refractivity contribution in [1.29, 1.82) is 5.41 Å². The number of nitrogens with one attached hydrogen (secondary N) is 1.